The number of terminal acetylenes is 1. The lowest BCUT2D eigenvalue weighted by molar-refractivity contribution is -0.149. The van der Waals surface area contributed by atoms with Crippen molar-refractivity contribution < 1.29 is 23.9 Å². The molecule has 1 aliphatic heterocycles. The highest BCUT2D eigenvalue weighted by molar-refractivity contribution is 6.31. The number of esters is 1. The number of carbonyl (C=O) groups is 3. The summed E-state index contributed by atoms with van der Waals surface area (Å²) in [7, 11) is 1.40. The molecule has 3 aromatic rings. The van der Waals surface area contributed by atoms with Gasteiger partial charge in [0.1, 0.15) is 17.4 Å². The molecule has 3 N–H and O–H groups in total. The van der Waals surface area contributed by atoms with E-state index in [1.165, 1.54) is 25.4 Å². The van der Waals surface area contributed by atoms with E-state index in [1.807, 2.05) is 4.90 Å². The molecule has 216 valence electrons. The fourth-order valence-electron chi connectivity index (χ4n) is 4.53. The smallest absolute Gasteiger partial charge is 0.309 e. The third-order valence-corrected chi connectivity index (χ3v) is 7.01. The Bertz CT molecular complexity index is 1530. The number of hydrogen-bond acceptors (Lipinski definition) is 7. The van der Waals surface area contributed by atoms with Crippen molar-refractivity contribution in [3.8, 4) is 18.1 Å². The Labute approximate surface area is 248 Å². The van der Waals surface area contributed by atoms with Gasteiger partial charge in [-0.1, -0.05) is 29.7 Å². The first kappa shape index (κ1) is 30.1. The van der Waals surface area contributed by atoms with Gasteiger partial charge in [-0.15, -0.1) is 6.42 Å². The molecule has 11 heteroatoms. The third kappa shape index (κ3) is 7.06. The van der Waals surface area contributed by atoms with E-state index in [0.29, 0.717) is 55.1 Å². The van der Waals surface area contributed by atoms with Crippen molar-refractivity contribution in [2.45, 2.75) is 19.8 Å². The summed E-state index contributed by atoms with van der Waals surface area (Å²) >= 11 is 6.23. The molecule has 0 radical (unpaired) electrons. The standard InChI is InChI=1S/C31H30ClN5O5/c1-4-19-6-11-26(34-18-19)35-30(39)24-16-23(32)17-25(41-3)27(24)36-29(38)21-9-7-20(8-10-21)28(33)37-14-12-22(13-15-37)31(40)42-5-2/h1,6-11,16-18,22,33H,5,12-15H2,2-3H3,(H,36,38)(H,34,35,39). The number of halogens is 1. The molecule has 1 saturated heterocycles. The zero-order valence-corrected chi connectivity index (χ0v) is 24.0. The number of anilines is 2. The van der Waals surface area contributed by atoms with Gasteiger partial charge in [-0.05, 0) is 50.1 Å². The van der Waals surface area contributed by atoms with E-state index in [2.05, 4.69) is 21.5 Å². The summed E-state index contributed by atoms with van der Waals surface area (Å²) < 4.78 is 10.5. The van der Waals surface area contributed by atoms with E-state index in [0.717, 1.165) is 0 Å². The maximum atomic E-state index is 13.2. The normalized spacial score (nSPS) is 13.0. The minimum atomic E-state index is -0.567. The van der Waals surface area contributed by atoms with Crippen LogP contribution in [0.2, 0.25) is 5.02 Å². The molecular weight excluding hydrogens is 558 g/mol. The van der Waals surface area contributed by atoms with Crippen LogP contribution in [0.5, 0.6) is 5.75 Å². The number of pyridine rings is 1. The molecule has 10 nitrogen and oxygen atoms in total. The minimum absolute atomic E-state index is 0.0696. The van der Waals surface area contributed by atoms with Gasteiger partial charge in [0.25, 0.3) is 11.8 Å². The number of nitrogens with zero attached hydrogens (tertiary/aromatic N) is 2. The molecule has 1 aromatic heterocycles. The van der Waals surface area contributed by atoms with Gasteiger partial charge < -0.3 is 25.0 Å². The quantitative estimate of drug-likeness (QED) is 0.149. The van der Waals surface area contributed by atoms with Crippen LogP contribution < -0.4 is 15.4 Å². The summed E-state index contributed by atoms with van der Waals surface area (Å²) in [6.45, 7) is 3.27. The van der Waals surface area contributed by atoms with Gasteiger partial charge in [0.2, 0.25) is 0 Å². The largest absolute Gasteiger partial charge is 0.494 e. The predicted octanol–water partition coefficient (Wildman–Crippen LogP) is 4.83. The van der Waals surface area contributed by atoms with Gasteiger partial charge in [0.15, 0.2) is 0 Å². The zero-order chi connectivity index (χ0) is 30.2. The average molecular weight is 588 g/mol. The molecule has 2 amide bonds. The fraction of sp³-hybridized carbons (Fsp3) is 0.258. The maximum absolute atomic E-state index is 13.2. The first-order valence-corrected chi connectivity index (χ1v) is 13.6. The van der Waals surface area contributed by atoms with Crippen LogP contribution >= 0.6 is 11.6 Å². The highest BCUT2D eigenvalue weighted by atomic mass is 35.5. The van der Waals surface area contributed by atoms with Crippen molar-refractivity contribution in [2.75, 3.05) is 37.4 Å². The summed E-state index contributed by atoms with van der Waals surface area (Å²) in [5.74, 6) is 1.83. The van der Waals surface area contributed by atoms with Crippen molar-refractivity contribution in [3.05, 3.63) is 82.0 Å². The lowest BCUT2D eigenvalue weighted by Gasteiger charge is -2.32. The molecule has 0 spiro atoms. The Morgan fingerprint density at radius 3 is 2.36 bits per heavy atom. The Hall–Kier alpha value is -4.88. The summed E-state index contributed by atoms with van der Waals surface area (Å²) in [5.41, 5.74) is 1.70. The highest BCUT2D eigenvalue weighted by Gasteiger charge is 2.27. The second-order valence-corrected chi connectivity index (χ2v) is 9.89. The fourth-order valence-corrected chi connectivity index (χ4v) is 4.74. The van der Waals surface area contributed by atoms with Crippen LogP contribution in [-0.4, -0.2) is 60.3 Å². The third-order valence-electron chi connectivity index (χ3n) is 6.79. The highest BCUT2D eigenvalue weighted by Crippen LogP contribution is 2.33. The molecular formula is C31H30ClN5O5. The molecule has 0 saturated carbocycles. The maximum Gasteiger partial charge on any atom is 0.309 e. The Morgan fingerprint density at radius 1 is 1.07 bits per heavy atom. The lowest BCUT2D eigenvalue weighted by Crippen LogP contribution is -2.40. The topological polar surface area (TPSA) is 134 Å². The van der Waals surface area contributed by atoms with E-state index in [9.17, 15) is 14.4 Å². The number of amides is 2. The number of methoxy groups -OCH3 is 1. The van der Waals surface area contributed by atoms with Crippen LogP contribution in [0.25, 0.3) is 0 Å². The Morgan fingerprint density at radius 2 is 1.76 bits per heavy atom. The van der Waals surface area contributed by atoms with Crippen molar-refractivity contribution in [2.24, 2.45) is 5.92 Å². The van der Waals surface area contributed by atoms with Crippen LogP contribution in [-0.2, 0) is 9.53 Å². The van der Waals surface area contributed by atoms with E-state index in [1.54, 1.807) is 43.3 Å². The molecule has 42 heavy (non-hydrogen) atoms. The molecule has 2 aromatic carbocycles. The number of amidine groups is 1. The Kier molecular flexibility index (Phi) is 9.78. The van der Waals surface area contributed by atoms with Crippen molar-refractivity contribution in [1.29, 1.82) is 5.41 Å². The van der Waals surface area contributed by atoms with Crippen LogP contribution in [0.3, 0.4) is 0 Å². The van der Waals surface area contributed by atoms with Gasteiger partial charge in [-0.2, -0.15) is 0 Å². The van der Waals surface area contributed by atoms with E-state index in [-0.39, 0.29) is 39.7 Å². The molecule has 1 fully saturated rings. The second-order valence-electron chi connectivity index (χ2n) is 9.45. The average Bonchev–Trinajstić information content (AvgIpc) is 3.01. The number of aromatic nitrogens is 1. The van der Waals surface area contributed by atoms with Gasteiger partial charge in [-0.25, -0.2) is 4.98 Å². The summed E-state index contributed by atoms with van der Waals surface area (Å²) in [4.78, 5) is 44.5. The van der Waals surface area contributed by atoms with Gasteiger partial charge in [0, 0.05) is 47.1 Å². The first-order chi connectivity index (χ1) is 20.2. The number of benzene rings is 2. The van der Waals surface area contributed by atoms with Crippen LogP contribution in [0.15, 0.2) is 54.7 Å². The lowest BCUT2D eigenvalue weighted by atomic mass is 9.96. The number of likely N-dealkylation sites (tertiary alicyclic amines) is 1. The van der Waals surface area contributed by atoms with Crippen molar-refractivity contribution >= 4 is 46.7 Å². The summed E-state index contributed by atoms with van der Waals surface area (Å²) in [6, 6.07) is 12.7. The summed E-state index contributed by atoms with van der Waals surface area (Å²) in [5, 5.41) is 14.3. The number of nitrogens with one attached hydrogen (secondary N) is 3. The molecule has 0 unspecified atom stereocenters. The van der Waals surface area contributed by atoms with E-state index >= 15 is 0 Å². The number of piperidine rings is 1. The van der Waals surface area contributed by atoms with Gasteiger partial charge in [-0.3, -0.25) is 19.8 Å². The summed E-state index contributed by atoms with van der Waals surface area (Å²) in [6.07, 6.45) is 8.05. The van der Waals surface area contributed by atoms with Crippen molar-refractivity contribution in [1.82, 2.24) is 9.88 Å². The van der Waals surface area contributed by atoms with Crippen LogP contribution in [0.1, 0.15) is 51.6 Å². The molecule has 0 bridgehead atoms. The Balaban J connectivity index is 1.47. The number of rotatable bonds is 8. The SMILES string of the molecule is C#Cc1ccc(NC(=O)c2cc(Cl)cc(OC)c2NC(=O)c2ccc(C(=N)N3CCC(C(=O)OCC)CC3)cc2)nc1. The van der Waals surface area contributed by atoms with Crippen LogP contribution in [0.4, 0.5) is 11.5 Å². The monoisotopic (exact) mass is 587 g/mol. The molecule has 0 aliphatic carbocycles. The predicted molar refractivity (Wildman–Crippen MR) is 160 cm³/mol. The number of hydrogen-bond donors (Lipinski definition) is 3. The number of ether oxygens (including phenoxy) is 2. The first-order valence-electron chi connectivity index (χ1n) is 13.3. The van der Waals surface area contributed by atoms with Crippen molar-refractivity contribution in [3.63, 3.8) is 0 Å². The molecule has 0 atom stereocenters. The minimum Gasteiger partial charge on any atom is -0.494 e. The second kappa shape index (κ2) is 13.7. The van der Waals surface area contributed by atoms with Crippen LogP contribution in [0, 0.1) is 23.7 Å². The van der Waals surface area contributed by atoms with Gasteiger partial charge in [0.05, 0.1) is 30.9 Å². The van der Waals surface area contributed by atoms with E-state index < -0.39 is 11.8 Å². The van der Waals surface area contributed by atoms with E-state index in [4.69, 9.17) is 32.9 Å². The molecule has 1 aliphatic rings. The van der Waals surface area contributed by atoms with Gasteiger partial charge >= 0.3 is 5.97 Å². The molecule has 4 rings (SSSR count). The number of carbonyl (C=O) groups excluding carboxylic acids is 3. The molecule has 2 heterocycles. The zero-order valence-electron chi connectivity index (χ0n) is 23.2.